The van der Waals surface area contributed by atoms with Crippen molar-refractivity contribution < 1.29 is 9.53 Å². The van der Waals surface area contributed by atoms with Gasteiger partial charge in [-0.25, -0.2) is 0 Å². The van der Waals surface area contributed by atoms with Crippen molar-refractivity contribution in [2.24, 2.45) is 0 Å². The van der Waals surface area contributed by atoms with E-state index in [0.29, 0.717) is 6.54 Å². The van der Waals surface area contributed by atoms with E-state index in [0.717, 1.165) is 44.1 Å². The maximum absolute atomic E-state index is 12.6. The number of hydrogen-bond acceptors (Lipinski definition) is 4. The van der Waals surface area contributed by atoms with Gasteiger partial charge in [-0.05, 0) is 19.2 Å². The summed E-state index contributed by atoms with van der Waals surface area (Å²) in [5.74, 6) is 0.0716. The normalized spacial score (nSPS) is 13.8. The maximum atomic E-state index is 12.6. The molecule has 1 amide bonds. The van der Waals surface area contributed by atoms with Gasteiger partial charge in [0, 0.05) is 38.9 Å². The highest BCUT2D eigenvalue weighted by molar-refractivity contribution is 5.99. The number of anilines is 1. The molecule has 5 nitrogen and oxygen atoms in total. The average molecular weight is 350 g/mol. The minimum absolute atomic E-state index is 0. The first-order chi connectivity index (χ1) is 9.74. The van der Waals surface area contributed by atoms with Crippen LogP contribution < -0.4 is 10.2 Å². The minimum atomic E-state index is 0. The number of amides is 1. The number of carbonyl (C=O) groups excluding carboxylic acids is 1. The number of para-hydroxylation sites is 1. The molecule has 22 heavy (non-hydrogen) atoms. The number of hydrogen-bond donors (Lipinski definition) is 1. The third-order valence-electron chi connectivity index (χ3n) is 3.53. The van der Waals surface area contributed by atoms with Gasteiger partial charge in [0.05, 0.1) is 18.8 Å². The Hall–Kier alpha value is -1.01. The summed E-state index contributed by atoms with van der Waals surface area (Å²) in [6.45, 7) is 4.61. The number of benzene rings is 1. The standard InChI is InChI=1S/C15H23N3O2.2ClH/c1-16-7-8-17(2)15(19)13-5-3-4-6-14(13)18-9-11-20-12-10-18;;/h3-6,16H,7-12H2,1-2H3;2*1H. The predicted molar refractivity (Wildman–Crippen MR) is 94.9 cm³/mol. The van der Waals surface area contributed by atoms with Crippen molar-refractivity contribution in [2.75, 3.05) is 58.4 Å². The number of nitrogens with one attached hydrogen (secondary N) is 1. The van der Waals surface area contributed by atoms with Gasteiger partial charge in [0.25, 0.3) is 5.91 Å². The second-order valence-electron chi connectivity index (χ2n) is 4.95. The lowest BCUT2D eigenvalue weighted by atomic mass is 10.1. The molecule has 1 heterocycles. The Balaban J connectivity index is 0.00000220. The number of carbonyl (C=O) groups is 1. The first-order valence-electron chi connectivity index (χ1n) is 7.06. The first kappa shape index (κ1) is 21.0. The molecule has 2 rings (SSSR count). The number of ether oxygens (including phenoxy) is 1. The van der Waals surface area contributed by atoms with E-state index in [4.69, 9.17) is 4.74 Å². The Labute approximate surface area is 144 Å². The minimum Gasteiger partial charge on any atom is -0.378 e. The van der Waals surface area contributed by atoms with Gasteiger partial charge in [0.1, 0.15) is 0 Å². The highest BCUT2D eigenvalue weighted by Gasteiger charge is 2.20. The van der Waals surface area contributed by atoms with Crippen LogP contribution in [0.15, 0.2) is 24.3 Å². The van der Waals surface area contributed by atoms with Gasteiger partial charge in [-0.1, -0.05) is 12.1 Å². The molecule has 126 valence electrons. The highest BCUT2D eigenvalue weighted by Crippen LogP contribution is 2.22. The smallest absolute Gasteiger partial charge is 0.255 e. The largest absolute Gasteiger partial charge is 0.378 e. The molecular formula is C15H25Cl2N3O2. The van der Waals surface area contributed by atoms with Gasteiger partial charge >= 0.3 is 0 Å². The Bertz CT molecular complexity index is 454. The number of morpholine rings is 1. The summed E-state index contributed by atoms with van der Waals surface area (Å²) in [6, 6.07) is 7.83. The molecule has 0 bridgehead atoms. The Morgan fingerprint density at radius 2 is 1.91 bits per heavy atom. The molecule has 0 aromatic heterocycles. The van der Waals surface area contributed by atoms with Crippen molar-refractivity contribution in [3.63, 3.8) is 0 Å². The van der Waals surface area contributed by atoms with E-state index in [9.17, 15) is 4.79 Å². The Morgan fingerprint density at radius 3 is 2.55 bits per heavy atom. The van der Waals surface area contributed by atoms with Gasteiger partial charge in [0.2, 0.25) is 0 Å². The van der Waals surface area contributed by atoms with Gasteiger partial charge < -0.3 is 19.9 Å². The quantitative estimate of drug-likeness (QED) is 0.877. The maximum Gasteiger partial charge on any atom is 0.255 e. The van der Waals surface area contributed by atoms with Crippen LogP contribution in [0.3, 0.4) is 0 Å². The topological polar surface area (TPSA) is 44.8 Å². The van der Waals surface area contributed by atoms with E-state index >= 15 is 0 Å². The molecule has 0 unspecified atom stereocenters. The lowest BCUT2D eigenvalue weighted by Crippen LogP contribution is -2.38. The SMILES string of the molecule is CNCCN(C)C(=O)c1ccccc1N1CCOCC1.Cl.Cl. The fourth-order valence-electron chi connectivity index (χ4n) is 2.32. The van der Waals surface area contributed by atoms with E-state index in [-0.39, 0.29) is 30.7 Å². The monoisotopic (exact) mass is 349 g/mol. The van der Waals surface area contributed by atoms with Crippen LogP contribution in [0, 0.1) is 0 Å². The first-order valence-corrected chi connectivity index (χ1v) is 7.06. The van der Waals surface area contributed by atoms with Crippen LogP contribution in [0.25, 0.3) is 0 Å². The van der Waals surface area contributed by atoms with Crippen molar-refractivity contribution in [1.29, 1.82) is 0 Å². The lowest BCUT2D eigenvalue weighted by Gasteiger charge is -2.31. The van der Waals surface area contributed by atoms with Gasteiger partial charge in [0.15, 0.2) is 0 Å². The summed E-state index contributed by atoms with van der Waals surface area (Å²) in [5.41, 5.74) is 1.78. The molecule has 0 atom stereocenters. The molecule has 0 radical (unpaired) electrons. The van der Waals surface area contributed by atoms with Crippen LogP contribution in [0.5, 0.6) is 0 Å². The van der Waals surface area contributed by atoms with E-state index < -0.39 is 0 Å². The van der Waals surface area contributed by atoms with Crippen LogP contribution in [0.4, 0.5) is 5.69 Å². The summed E-state index contributed by atoms with van der Waals surface area (Å²) in [7, 11) is 3.73. The zero-order chi connectivity index (χ0) is 14.4. The fourth-order valence-corrected chi connectivity index (χ4v) is 2.32. The van der Waals surface area contributed by atoms with Crippen molar-refractivity contribution in [2.45, 2.75) is 0 Å². The summed E-state index contributed by atoms with van der Waals surface area (Å²) < 4.78 is 5.38. The zero-order valence-corrected chi connectivity index (χ0v) is 14.7. The van der Waals surface area contributed by atoms with Crippen molar-refractivity contribution in [1.82, 2.24) is 10.2 Å². The second kappa shape index (κ2) is 10.7. The molecule has 0 saturated carbocycles. The van der Waals surface area contributed by atoms with Gasteiger partial charge in [-0.2, -0.15) is 0 Å². The van der Waals surface area contributed by atoms with Gasteiger partial charge in [-0.3, -0.25) is 4.79 Å². The molecule has 1 aromatic carbocycles. The molecule has 1 aliphatic heterocycles. The van der Waals surface area contributed by atoms with Crippen LogP contribution in [-0.2, 0) is 4.74 Å². The average Bonchev–Trinajstić information content (AvgIpc) is 2.52. The Kier molecular flexibility index (Phi) is 10.2. The summed E-state index contributed by atoms with van der Waals surface area (Å²) in [5, 5.41) is 3.06. The van der Waals surface area contributed by atoms with E-state index in [2.05, 4.69) is 10.2 Å². The molecular weight excluding hydrogens is 325 g/mol. The van der Waals surface area contributed by atoms with E-state index in [1.165, 1.54) is 0 Å². The molecule has 1 aromatic rings. The predicted octanol–water partition coefficient (Wildman–Crippen LogP) is 1.66. The number of rotatable bonds is 5. The van der Waals surface area contributed by atoms with Crippen LogP contribution >= 0.6 is 24.8 Å². The third-order valence-corrected chi connectivity index (χ3v) is 3.53. The Morgan fingerprint density at radius 1 is 1.27 bits per heavy atom. The fraction of sp³-hybridized carbons (Fsp3) is 0.533. The number of nitrogens with zero attached hydrogens (tertiary/aromatic N) is 2. The molecule has 0 spiro atoms. The molecule has 0 aliphatic carbocycles. The number of halogens is 2. The highest BCUT2D eigenvalue weighted by atomic mass is 35.5. The molecule has 1 saturated heterocycles. The van der Waals surface area contributed by atoms with Crippen molar-refractivity contribution in [3.05, 3.63) is 29.8 Å². The zero-order valence-electron chi connectivity index (χ0n) is 13.1. The summed E-state index contributed by atoms with van der Waals surface area (Å²) in [4.78, 5) is 16.5. The van der Waals surface area contributed by atoms with Crippen LogP contribution in [0.2, 0.25) is 0 Å². The number of likely N-dealkylation sites (N-methyl/N-ethyl adjacent to an activating group) is 2. The van der Waals surface area contributed by atoms with Gasteiger partial charge in [-0.15, -0.1) is 24.8 Å². The summed E-state index contributed by atoms with van der Waals surface area (Å²) in [6.07, 6.45) is 0. The lowest BCUT2D eigenvalue weighted by molar-refractivity contribution is 0.0796. The molecule has 1 aliphatic rings. The second-order valence-corrected chi connectivity index (χ2v) is 4.95. The van der Waals surface area contributed by atoms with Crippen molar-refractivity contribution in [3.8, 4) is 0 Å². The molecule has 7 heteroatoms. The van der Waals surface area contributed by atoms with E-state index in [1.54, 1.807) is 4.90 Å². The van der Waals surface area contributed by atoms with E-state index in [1.807, 2.05) is 38.4 Å². The summed E-state index contributed by atoms with van der Waals surface area (Å²) >= 11 is 0. The molecule has 1 N–H and O–H groups in total. The van der Waals surface area contributed by atoms with Crippen molar-refractivity contribution >= 4 is 36.4 Å². The van der Waals surface area contributed by atoms with Crippen LogP contribution in [-0.4, -0.2) is 64.3 Å². The third kappa shape index (κ3) is 5.32. The molecule has 1 fully saturated rings. The van der Waals surface area contributed by atoms with Crippen LogP contribution in [0.1, 0.15) is 10.4 Å².